The van der Waals surface area contributed by atoms with E-state index in [9.17, 15) is 0 Å². The molecular formula is C12H17N3OS. The maximum Gasteiger partial charge on any atom is 0.163 e. The zero-order chi connectivity index (χ0) is 12.4. The van der Waals surface area contributed by atoms with Crippen molar-refractivity contribution in [3.8, 4) is 5.75 Å². The lowest BCUT2D eigenvalue weighted by atomic mass is 10.3. The van der Waals surface area contributed by atoms with Gasteiger partial charge in [-0.25, -0.2) is 4.98 Å². The SMILES string of the molecule is CCc1nc(COc2c(C)nn(C)c2C)cs1. The molecule has 0 aromatic carbocycles. The molecule has 0 amide bonds. The molecule has 2 aromatic heterocycles. The van der Waals surface area contributed by atoms with Crippen LogP contribution in [0.25, 0.3) is 0 Å². The quantitative estimate of drug-likeness (QED) is 0.838. The second kappa shape index (κ2) is 4.87. The van der Waals surface area contributed by atoms with Crippen molar-refractivity contribution >= 4 is 11.3 Å². The summed E-state index contributed by atoms with van der Waals surface area (Å²) in [6, 6.07) is 0. The summed E-state index contributed by atoms with van der Waals surface area (Å²) in [5.74, 6) is 0.874. The molecule has 17 heavy (non-hydrogen) atoms. The minimum Gasteiger partial charge on any atom is -0.483 e. The van der Waals surface area contributed by atoms with Crippen molar-refractivity contribution in [3.63, 3.8) is 0 Å². The van der Waals surface area contributed by atoms with Gasteiger partial charge in [-0.2, -0.15) is 5.10 Å². The Bertz CT molecular complexity index is 516. The third-order valence-electron chi connectivity index (χ3n) is 2.71. The van der Waals surface area contributed by atoms with Gasteiger partial charge in [-0.05, 0) is 20.3 Å². The molecular weight excluding hydrogens is 234 g/mol. The van der Waals surface area contributed by atoms with E-state index in [-0.39, 0.29) is 0 Å². The molecule has 92 valence electrons. The maximum absolute atomic E-state index is 5.79. The van der Waals surface area contributed by atoms with Crippen molar-refractivity contribution in [3.05, 3.63) is 27.5 Å². The summed E-state index contributed by atoms with van der Waals surface area (Å²) in [5, 5.41) is 7.53. The molecule has 2 rings (SSSR count). The lowest BCUT2D eigenvalue weighted by Gasteiger charge is -2.04. The van der Waals surface area contributed by atoms with Gasteiger partial charge in [0.1, 0.15) is 12.3 Å². The summed E-state index contributed by atoms with van der Waals surface area (Å²) < 4.78 is 7.63. The largest absolute Gasteiger partial charge is 0.483 e. The van der Waals surface area contributed by atoms with Gasteiger partial charge in [-0.1, -0.05) is 6.92 Å². The van der Waals surface area contributed by atoms with Crippen molar-refractivity contribution < 1.29 is 4.74 Å². The number of ether oxygens (including phenoxy) is 1. The molecule has 0 saturated carbocycles. The third kappa shape index (κ3) is 2.49. The monoisotopic (exact) mass is 251 g/mol. The average molecular weight is 251 g/mol. The van der Waals surface area contributed by atoms with Gasteiger partial charge in [-0.15, -0.1) is 11.3 Å². The molecule has 0 N–H and O–H groups in total. The van der Waals surface area contributed by atoms with E-state index in [0.717, 1.165) is 34.3 Å². The second-order valence-electron chi connectivity index (χ2n) is 4.00. The van der Waals surface area contributed by atoms with Crippen molar-refractivity contribution in [2.45, 2.75) is 33.8 Å². The van der Waals surface area contributed by atoms with E-state index < -0.39 is 0 Å². The Hall–Kier alpha value is -1.36. The number of nitrogens with zero attached hydrogens (tertiary/aromatic N) is 3. The van der Waals surface area contributed by atoms with E-state index in [4.69, 9.17) is 4.74 Å². The van der Waals surface area contributed by atoms with Crippen LogP contribution in [0.5, 0.6) is 5.75 Å². The molecule has 0 fully saturated rings. The normalized spacial score (nSPS) is 10.8. The van der Waals surface area contributed by atoms with Crippen molar-refractivity contribution in [1.29, 1.82) is 0 Å². The predicted molar refractivity (Wildman–Crippen MR) is 68.5 cm³/mol. The number of hydrogen-bond acceptors (Lipinski definition) is 4. The van der Waals surface area contributed by atoms with Crippen LogP contribution >= 0.6 is 11.3 Å². The number of rotatable bonds is 4. The Kier molecular flexibility index (Phi) is 3.47. The van der Waals surface area contributed by atoms with Gasteiger partial charge in [0.15, 0.2) is 5.75 Å². The molecule has 0 aliphatic carbocycles. The van der Waals surface area contributed by atoms with Crippen LogP contribution < -0.4 is 4.74 Å². The van der Waals surface area contributed by atoms with Gasteiger partial charge < -0.3 is 4.74 Å². The van der Waals surface area contributed by atoms with E-state index in [0.29, 0.717) is 6.61 Å². The smallest absolute Gasteiger partial charge is 0.163 e. The summed E-state index contributed by atoms with van der Waals surface area (Å²) in [5.41, 5.74) is 2.97. The van der Waals surface area contributed by atoms with E-state index in [2.05, 4.69) is 22.4 Å². The maximum atomic E-state index is 5.79. The highest BCUT2D eigenvalue weighted by Gasteiger charge is 2.11. The lowest BCUT2D eigenvalue weighted by molar-refractivity contribution is 0.297. The highest BCUT2D eigenvalue weighted by molar-refractivity contribution is 7.09. The molecule has 4 nitrogen and oxygen atoms in total. The molecule has 0 bridgehead atoms. The summed E-state index contributed by atoms with van der Waals surface area (Å²) in [6.07, 6.45) is 0.982. The number of hydrogen-bond donors (Lipinski definition) is 0. The van der Waals surface area contributed by atoms with Gasteiger partial charge in [0.25, 0.3) is 0 Å². The second-order valence-corrected chi connectivity index (χ2v) is 4.94. The molecule has 0 aliphatic rings. The summed E-state index contributed by atoms with van der Waals surface area (Å²) in [4.78, 5) is 4.48. The molecule has 0 aliphatic heterocycles. The summed E-state index contributed by atoms with van der Waals surface area (Å²) >= 11 is 1.69. The standard InChI is InChI=1S/C12H17N3OS/c1-5-11-13-10(7-17-11)6-16-12-8(2)14-15(4)9(12)3/h7H,5-6H2,1-4H3. The van der Waals surface area contributed by atoms with Crippen LogP contribution in [0, 0.1) is 13.8 Å². The Labute approximate surface area is 105 Å². The highest BCUT2D eigenvalue weighted by Crippen LogP contribution is 2.22. The summed E-state index contributed by atoms with van der Waals surface area (Å²) in [6.45, 7) is 6.59. The van der Waals surface area contributed by atoms with Gasteiger partial charge in [-0.3, -0.25) is 4.68 Å². The van der Waals surface area contributed by atoms with Crippen molar-refractivity contribution in [2.75, 3.05) is 0 Å². The first kappa shape index (κ1) is 12.1. The third-order valence-corrected chi connectivity index (χ3v) is 3.75. The molecule has 0 atom stereocenters. The summed E-state index contributed by atoms with van der Waals surface area (Å²) in [7, 11) is 1.92. The lowest BCUT2D eigenvalue weighted by Crippen LogP contribution is -1.98. The van der Waals surface area contributed by atoms with Gasteiger partial charge in [0.2, 0.25) is 0 Å². The van der Waals surface area contributed by atoms with E-state index >= 15 is 0 Å². The fourth-order valence-electron chi connectivity index (χ4n) is 1.69. The molecule has 0 unspecified atom stereocenters. The van der Waals surface area contributed by atoms with Crippen LogP contribution in [0.4, 0.5) is 0 Å². The minimum atomic E-state index is 0.518. The van der Waals surface area contributed by atoms with Crippen LogP contribution in [-0.2, 0) is 20.1 Å². The highest BCUT2D eigenvalue weighted by atomic mass is 32.1. The predicted octanol–water partition coefficient (Wildman–Crippen LogP) is 2.63. The Morgan fingerprint density at radius 1 is 1.41 bits per heavy atom. The first-order valence-corrected chi connectivity index (χ1v) is 6.56. The van der Waals surface area contributed by atoms with Crippen LogP contribution in [0.2, 0.25) is 0 Å². The Balaban J connectivity index is 2.07. The van der Waals surface area contributed by atoms with Crippen molar-refractivity contribution in [2.24, 2.45) is 7.05 Å². The van der Waals surface area contributed by atoms with Crippen LogP contribution in [0.15, 0.2) is 5.38 Å². The van der Waals surface area contributed by atoms with Gasteiger partial charge in [0.05, 0.1) is 16.4 Å². The van der Waals surface area contributed by atoms with E-state index in [1.54, 1.807) is 11.3 Å². The molecule has 5 heteroatoms. The van der Waals surface area contributed by atoms with Gasteiger partial charge in [0, 0.05) is 12.4 Å². The van der Waals surface area contributed by atoms with Crippen molar-refractivity contribution in [1.82, 2.24) is 14.8 Å². The topological polar surface area (TPSA) is 39.9 Å². The fraction of sp³-hybridized carbons (Fsp3) is 0.500. The number of thiazole rings is 1. The van der Waals surface area contributed by atoms with Gasteiger partial charge >= 0.3 is 0 Å². The zero-order valence-corrected chi connectivity index (χ0v) is 11.5. The molecule has 0 spiro atoms. The fourth-order valence-corrected chi connectivity index (χ4v) is 2.42. The first-order chi connectivity index (χ1) is 8.11. The number of aromatic nitrogens is 3. The number of aryl methyl sites for hydroxylation is 3. The Morgan fingerprint density at radius 3 is 2.71 bits per heavy atom. The molecule has 2 aromatic rings. The average Bonchev–Trinajstić information content (AvgIpc) is 2.84. The van der Waals surface area contributed by atoms with Crippen LogP contribution in [0.1, 0.15) is 29.0 Å². The van der Waals surface area contributed by atoms with Crippen LogP contribution in [-0.4, -0.2) is 14.8 Å². The molecule has 0 saturated heterocycles. The first-order valence-electron chi connectivity index (χ1n) is 5.68. The van der Waals surface area contributed by atoms with E-state index in [1.165, 1.54) is 0 Å². The Morgan fingerprint density at radius 2 is 2.18 bits per heavy atom. The van der Waals surface area contributed by atoms with E-state index in [1.807, 2.05) is 25.6 Å². The molecule has 0 radical (unpaired) electrons. The zero-order valence-electron chi connectivity index (χ0n) is 10.6. The minimum absolute atomic E-state index is 0.518. The van der Waals surface area contributed by atoms with Crippen LogP contribution in [0.3, 0.4) is 0 Å². The molecule has 2 heterocycles.